The Kier molecular flexibility index (Phi) is 2.65. The lowest BCUT2D eigenvalue weighted by Crippen LogP contribution is -2.30. The zero-order valence-corrected chi connectivity index (χ0v) is 8.71. The molecule has 2 aromatic rings. The second-order valence-corrected chi connectivity index (χ2v) is 3.24. The second kappa shape index (κ2) is 4.11. The van der Waals surface area contributed by atoms with Crippen molar-refractivity contribution in [1.82, 2.24) is 20.4 Å². The number of carbonyl (C=O) groups is 1. The van der Waals surface area contributed by atoms with Gasteiger partial charge in [0.2, 0.25) is 0 Å². The summed E-state index contributed by atoms with van der Waals surface area (Å²) in [6, 6.07) is 9.44. The predicted molar refractivity (Wildman–Crippen MR) is 57.7 cm³/mol. The molecule has 6 heteroatoms. The number of nitrogens with one attached hydrogen (secondary N) is 1. The van der Waals surface area contributed by atoms with E-state index in [1.54, 1.807) is 11.6 Å². The summed E-state index contributed by atoms with van der Waals surface area (Å²) in [7, 11) is 0. The van der Waals surface area contributed by atoms with Crippen LogP contribution in [-0.4, -0.2) is 20.9 Å². The number of benzene rings is 1. The molecule has 1 amide bonds. The Morgan fingerprint density at radius 3 is 2.69 bits per heavy atom. The van der Waals surface area contributed by atoms with E-state index in [1.807, 2.05) is 35.8 Å². The fourth-order valence-corrected chi connectivity index (χ4v) is 1.42. The van der Waals surface area contributed by atoms with Crippen LogP contribution in [0.4, 0.5) is 0 Å². The fraction of sp³-hybridized carbons (Fsp3) is 0.100. The number of amides is 1. The van der Waals surface area contributed by atoms with Crippen LogP contribution >= 0.6 is 0 Å². The van der Waals surface area contributed by atoms with Gasteiger partial charge in [0.1, 0.15) is 0 Å². The molecule has 3 N–H and O–H groups in total. The first kappa shape index (κ1) is 10.3. The van der Waals surface area contributed by atoms with Crippen LogP contribution < -0.4 is 11.3 Å². The number of nitrogens with zero attached hydrogens (tertiary/aromatic N) is 3. The van der Waals surface area contributed by atoms with Crippen molar-refractivity contribution in [2.24, 2.45) is 5.84 Å². The van der Waals surface area contributed by atoms with Gasteiger partial charge in [0, 0.05) is 0 Å². The highest BCUT2D eigenvalue weighted by molar-refractivity contribution is 5.92. The summed E-state index contributed by atoms with van der Waals surface area (Å²) in [5.41, 5.74) is 3.76. The fourth-order valence-electron chi connectivity index (χ4n) is 1.42. The van der Waals surface area contributed by atoms with Gasteiger partial charge in [0.05, 0.1) is 11.4 Å². The summed E-state index contributed by atoms with van der Waals surface area (Å²) in [6.45, 7) is 1.76. The molecule has 0 radical (unpaired) electrons. The third-order valence-corrected chi connectivity index (χ3v) is 2.24. The van der Waals surface area contributed by atoms with Gasteiger partial charge >= 0.3 is 0 Å². The van der Waals surface area contributed by atoms with Gasteiger partial charge in [-0.25, -0.2) is 10.5 Å². The summed E-state index contributed by atoms with van der Waals surface area (Å²) in [5.74, 6) is 4.60. The van der Waals surface area contributed by atoms with E-state index >= 15 is 0 Å². The number of hydrogen-bond donors (Lipinski definition) is 2. The van der Waals surface area contributed by atoms with E-state index in [9.17, 15) is 4.79 Å². The molecule has 0 saturated carbocycles. The Morgan fingerprint density at radius 1 is 1.38 bits per heavy atom. The quantitative estimate of drug-likeness (QED) is 0.427. The highest BCUT2D eigenvalue weighted by Gasteiger charge is 2.15. The first-order valence-corrected chi connectivity index (χ1v) is 4.72. The maximum atomic E-state index is 11.3. The summed E-state index contributed by atoms with van der Waals surface area (Å²) < 4.78 is 1.59. The Bertz CT molecular complexity index is 505. The van der Waals surface area contributed by atoms with Crippen molar-refractivity contribution in [3.63, 3.8) is 0 Å². The molecule has 82 valence electrons. The van der Waals surface area contributed by atoms with Crippen molar-refractivity contribution < 1.29 is 4.79 Å². The lowest BCUT2D eigenvalue weighted by atomic mass is 10.3. The average Bonchev–Trinajstić information content (AvgIpc) is 2.71. The number of para-hydroxylation sites is 1. The molecule has 0 saturated heterocycles. The molecule has 1 heterocycles. The SMILES string of the molecule is Cc1c(C(=O)NN)nnn1-c1ccccc1. The molecule has 0 fully saturated rings. The molecule has 0 atom stereocenters. The number of nitrogens with two attached hydrogens (primary N) is 1. The maximum Gasteiger partial charge on any atom is 0.287 e. The molecular weight excluding hydrogens is 206 g/mol. The van der Waals surface area contributed by atoms with Crippen LogP contribution in [-0.2, 0) is 0 Å². The van der Waals surface area contributed by atoms with Gasteiger partial charge in [-0.05, 0) is 19.1 Å². The van der Waals surface area contributed by atoms with Crippen molar-refractivity contribution in [1.29, 1.82) is 0 Å². The van der Waals surface area contributed by atoms with E-state index in [4.69, 9.17) is 5.84 Å². The smallest absolute Gasteiger partial charge is 0.287 e. The van der Waals surface area contributed by atoms with Gasteiger partial charge in [0.25, 0.3) is 5.91 Å². The first-order valence-electron chi connectivity index (χ1n) is 4.72. The largest absolute Gasteiger partial charge is 0.289 e. The molecule has 0 unspecified atom stereocenters. The van der Waals surface area contributed by atoms with Gasteiger partial charge in [-0.3, -0.25) is 10.2 Å². The number of carbonyl (C=O) groups excluding carboxylic acids is 1. The maximum absolute atomic E-state index is 11.3. The number of hydrazine groups is 1. The Hall–Kier alpha value is -2.21. The molecule has 2 rings (SSSR count). The molecule has 0 bridgehead atoms. The van der Waals surface area contributed by atoms with E-state index in [1.165, 1.54) is 0 Å². The van der Waals surface area contributed by atoms with Crippen molar-refractivity contribution in [3.8, 4) is 5.69 Å². The Morgan fingerprint density at radius 2 is 2.06 bits per heavy atom. The van der Waals surface area contributed by atoms with Gasteiger partial charge in [-0.15, -0.1) is 5.10 Å². The first-order chi connectivity index (χ1) is 7.74. The number of rotatable bonds is 2. The van der Waals surface area contributed by atoms with Gasteiger partial charge in [-0.1, -0.05) is 23.4 Å². The topological polar surface area (TPSA) is 85.8 Å². The van der Waals surface area contributed by atoms with E-state index in [-0.39, 0.29) is 5.69 Å². The molecule has 0 aliphatic carbocycles. The van der Waals surface area contributed by atoms with E-state index in [2.05, 4.69) is 10.3 Å². The normalized spacial score (nSPS) is 10.1. The Labute approximate surface area is 92.0 Å². The molecule has 16 heavy (non-hydrogen) atoms. The highest BCUT2D eigenvalue weighted by Crippen LogP contribution is 2.11. The molecule has 6 nitrogen and oxygen atoms in total. The van der Waals surface area contributed by atoms with Crippen LogP contribution in [0.15, 0.2) is 30.3 Å². The lowest BCUT2D eigenvalue weighted by molar-refractivity contribution is 0.0948. The van der Waals surface area contributed by atoms with E-state index in [0.717, 1.165) is 5.69 Å². The van der Waals surface area contributed by atoms with Crippen LogP contribution in [0.3, 0.4) is 0 Å². The summed E-state index contributed by atoms with van der Waals surface area (Å²) in [5, 5.41) is 7.69. The van der Waals surface area contributed by atoms with Crippen LogP contribution in [0.2, 0.25) is 0 Å². The van der Waals surface area contributed by atoms with Crippen molar-refractivity contribution in [2.75, 3.05) is 0 Å². The zero-order chi connectivity index (χ0) is 11.5. The van der Waals surface area contributed by atoms with Gasteiger partial charge < -0.3 is 0 Å². The van der Waals surface area contributed by atoms with Crippen molar-refractivity contribution >= 4 is 5.91 Å². The number of hydrogen-bond acceptors (Lipinski definition) is 4. The minimum Gasteiger partial charge on any atom is -0.289 e. The monoisotopic (exact) mass is 217 g/mol. The second-order valence-electron chi connectivity index (χ2n) is 3.24. The average molecular weight is 217 g/mol. The standard InChI is InChI=1S/C10H11N5O/c1-7-9(10(16)12-11)13-14-15(7)8-5-3-2-4-6-8/h2-6H,11H2,1H3,(H,12,16). The Balaban J connectivity index is 2.45. The minimum atomic E-state index is -0.445. The number of nitrogen functional groups attached to an aromatic ring is 1. The highest BCUT2D eigenvalue weighted by atomic mass is 16.2. The third-order valence-electron chi connectivity index (χ3n) is 2.24. The van der Waals surface area contributed by atoms with Crippen LogP contribution in [0.25, 0.3) is 5.69 Å². The molecular formula is C10H11N5O. The third kappa shape index (κ3) is 1.66. The zero-order valence-electron chi connectivity index (χ0n) is 8.71. The van der Waals surface area contributed by atoms with Crippen LogP contribution in [0.5, 0.6) is 0 Å². The molecule has 0 aliphatic heterocycles. The molecule has 1 aromatic heterocycles. The van der Waals surface area contributed by atoms with Crippen LogP contribution in [0, 0.1) is 6.92 Å². The van der Waals surface area contributed by atoms with E-state index < -0.39 is 5.91 Å². The summed E-state index contributed by atoms with van der Waals surface area (Å²) in [6.07, 6.45) is 0. The molecule has 1 aromatic carbocycles. The molecule has 0 aliphatic rings. The molecule has 0 spiro atoms. The van der Waals surface area contributed by atoms with Gasteiger partial charge in [0.15, 0.2) is 5.69 Å². The van der Waals surface area contributed by atoms with Crippen LogP contribution in [0.1, 0.15) is 16.2 Å². The van der Waals surface area contributed by atoms with E-state index in [0.29, 0.717) is 5.69 Å². The van der Waals surface area contributed by atoms with Gasteiger partial charge in [-0.2, -0.15) is 0 Å². The number of aromatic nitrogens is 3. The van der Waals surface area contributed by atoms with Crippen molar-refractivity contribution in [2.45, 2.75) is 6.92 Å². The van der Waals surface area contributed by atoms with Crippen molar-refractivity contribution in [3.05, 3.63) is 41.7 Å². The summed E-state index contributed by atoms with van der Waals surface area (Å²) >= 11 is 0. The summed E-state index contributed by atoms with van der Waals surface area (Å²) in [4.78, 5) is 11.3. The lowest BCUT2D eigenvalue weighted by Gasteiger charge is -2.02. The predicted octanol–water partition coefficient (Wildman–Crippen LogP) is 0.179. The minimum absolute atomic E-state index is 0.228.